The van der Waals surface area contributed by atoms with Crippen LogP contribution in [0.5, 0.6) is 0 Å². The van der Waals surface area contributed by atoms with Crippen LogP contribution in [0, 0.1) is 0 Å². The molecule has 0 unspecified atom stereocenters. The first-order chi connectivity index (χ1) is 7.48. The Morgan fingerprint density at radius 1 is 1.12 bits per heavy atom. The van der Waals surface area contributed by atoms with E-state index in [9.17, 15) is 22.8 Å². The monoisotopic (exact) mass is 261 g/mol. The Balaban J connectivity index is 0. The number of rotatable bonds is 4. The second-order valence-electron chi connectivity index (χ2n) is 2.68. The molecule has 7 nitrogen and oxygen atoms in total. The number of carboxylic acids is 3. The van der Waals surface area contributed by atoms with E-state index >= 15 is 0 Å². The fourth-order valence-electron chi connectivity index (χ4n) is 0.402. The smallest absolute Gasteiger partial charge is 0.481 e. The standard InChI is InChI=1S/C5H9NO4.C2HF3O2/c6-3(5(9)10)1-2-4(7)8;3-2(4,5)1(6)7/h3H,1-2,6H2,(H,7,8)(H,9,10);(H,6,7)/t3-;/m0./s1. The summed E-state index contributed by atoms with van der Waals surface area (Å²) >= 11 is 0. The highest BCUT2D eigenvalue weighted by atomic mass is 19.4. The molecule has 17 heavy (non-hydrogen) atoms. The fourth-order valence-corrected chi connectivity index (χ4v) is 0.402. The third kappa shape index (κ3) is 12.1. The van der Waals surface area contributed by atoms with Gasteiger partial charge in [0, 0.05) is 6.42 Å². The summed E-state index contributed by atoms with van der Waals surface area (Å²) in [5, 5.41) is 23.4. The molecule has 0 aliphatic carbocycles. The Morgan fingerprint density at radius 2 is 1.47 bits per heavy atom. The molecule has 0 aromatic carbocycles. The Labute approximate surface area is 92.6 Å². The van der Waals surface area contributed by atoms with Gasteiger partial charge in [-0.25, -0.2) is 4.79 Å². The maximum absolute atomic E-state index is 10.6. The first-order valence-corrected chi connectivity index (χ1v) is 3.98. The van der Waals surface area contributed by atoms with Gasteiger partial charge in [0.2, 0.25) is 0 Å². The Kier molecular flexibility index (Phi) is 7.68. The number of alkyl halides is 3. The quantitative estimate of drug-likeness (QED) is 0.554. The summed E-state index contributed by atoms with van der Waals surface area (Å²) in [5.41, 5.74) is 5.00. The highest BCUT2D eigenvalue weighted by Gasteiger charge is 2.38. The molecule has 0 aliphatic heterocycles. The van der Waals surface area contributed by atoms with Gasteiger partial charge in [-0.05, 0) is 6.42 Å². The lowest BCUT2D eigenvalue weighted by Crippen LogP contribution is -2.30. The zero-order valence-corrected chi connectivity index (χ0v) is 8.27. The predicted octanol–water partition coefficient (Wildman–Crippen LogP) is -0.104. The summed E-state index contributed by atoms with van der Waals surface area (Å²) in [6.45, 7) is 0. The zero-order valence-electron chi connectivity index (χ0n) is 8.27. The molecule has 0 aromatic rings. The number of carboxylic acid groups (broad SMARTS) is 3. The van der Waals surface area contributed by atoms with Crippen molar-refractivity contribution in [2.24, 2.45) is 5.73 Å². The van der Waals surface area contributed by atoms with E-state index in [2.05, 4.69) is 0 Å². The summed E-state index contributed by atoms with van der Waals surface area (Å²) in [4.78, 5) is 28.8. The number of carbonyl (C=O) groups is 3. The lowest BCUT2D eigenvalue weighted by atomic mass is 10.2. The van der Waals surface area contributed by atoms with Gasteiger partial charge in [-0.1, -0.05) is 0 Å². The summed E-state index contributed by atoms with van der Waals surface area (Å²) in [7, 11) is 0. The predicted molar refractivity (Wildman–Crippen MR) is 46.2 cm³/mol. The summed E-state index contributed by atoms with van der Waals surface area (Å²) in [6.07, 6.45) is -5.31. The van der Waals surface area contributed by atoms with Crippen molar-refractivity contribution in [1.82, 2.24) is 0 Å². The van der Waals surface area contributed by atoms with Crippen LogP contribution in [0.25, 0.3) is 0 Å². The van der Waals surface area contributed by atoms with E-state index in [1.54, 1.807) is 0 Å². The normalized spacial score (nSPS) is 12.0. The van der Waals surface area contributed by atoms with Crippen LogP contribution in [0.2, 0.25) is 0 Å². The van der Waals surface area contributed by atoms with E-state index in [4.69, 9.17) is 25.8 Å². The summed E-state index contributed by atoms with van der Waals surface area (Å²) in [5.74, 6) is -4.95. The second-order valence-corrected chi connectivity index (χ2v) is 2.68. The van der Waals surface area contributed by atoms with Crippen LogP contribution in [0.1, 0.15) is 12.8 Å². The lowest BCUT2D eigenvalue weighted by Gasteiger charge is -2.01. The molecule has 0 bridgehead atoms. The van der Waals surface area contributed by atoms with Crippen LogP contribution in [-0.4, -0.2) is 45.4 Å². The van der Waals surface area contributed by atoms with Gasteiger partial charge >= 0.3 is 24.1 Å². The highest BCUT2D eigenvalue weighted by Crippen LogP contribution is 2.13. The van der Waals surface area contributed by atoms with Crippen LogP contribution in [0.4, 0.5) is 13.2 Å². The lowest BCUT2D eigenvalue weighted by molar-refractivity contribution is -0.192. The largest absolute Gasteiger partial charge is 0.490 e. The highest BCUT2D eigenvalue weighted by molar-refractivity contribution is 5.74. The Hall–Kier alpha value is -1.84. The number of hydrogen-bond acceptors (Lipinski definition) is 4. The Morgan fingerprint density at radius 3 is 1.65 bits per heavy atom. The van der Waals surface area contributed by atoms with Gasteiger partial charge in [-0.2, -0.15) is 13.2 Å². The average molecular weight is 261 g/mol. The van der Waals surface area contributed by atoms with Crippen molar-refractivity contribution >= 4 is 17.9 Å². The zero-order chi connectivity index (χ0) is 14.2. The van der Waals surface area contributed by atoms with Gasteiger partial charge in [0.15, 0.2) is 0 Å². The van der Waals surface area contributed by atoms with Crippen LogP contribution in [-0.2, 0) is 14.4 Å². The van der Waals surface area contributed by atoms with E-state index < -0.39 is 30.1 Å². The molecule has 0 rings (SSSR count). The number of nitrogens with two attached hydrogens (primary N) is 1. The number of halogens is 3. The van der Waals surface area contributed by atoms with Crippen molar-refractivity contribution in [2.45, 2.75) is 25.1 Å². The molecule has 0 aromatic heterocycles. The number of aliphatic carboxylic acids is 3. The molecular formula is C7H10F3NO6. The SMILES string of the molecule is N[C@@H](CCC(=O)O)C(=O)O.O=C(O)C(F)(F)F. The van der Waals surface area contributed by atoms with Gasteiger partial charge in [-0.15, -0.1) is 0 Å². The Bertz CT molecular complexity index is 290. The molecule has 0 amide bonds. The molecule has 0 fully saturated rings. The maximum atomic E-state index is 10.6. The minimum Gasteiger partial charge on any atom is -0.481 e. The molecule has 1 atom stereocenters. The minimum atomic E-state index is -5.08. The van der Waals surface area contributed by atoms with E-state index in [1.807, 2.05) is 0 Å². The van der Waals surface area contributed by atoms with Gasteiger partial charge < -0.3 is 21.1 Å². The topological polar surface area (TPSA) is 138 Å². The first-order valence-electron chi connectivity index (χ1n) is 3.98. The maximum Gasteiger partial charge on any atom is 0.490 e. The van der Waals surface area contributed by atoms with Crippen LogP contribution in [0.3, 0.4) is 0 Å². The number of hydrogen-bond donors (Lipinski definition) is 4. The van der Waals surface area contributed by atoms with Crippen molar-refractivity contribution < 1.29 is 42.9 Å². The molecule has 10 heteroatoms. The molecular weight excluding hydrogens is 251 g/mol. The molecule has 0 spiro atoms. The van der Waals surface area contributed by atoms with Crippen molar-refractivity contribution in [1.29, 1.82) is 0 Å². The van der Waals surface area contributed by atoms with Crippen molar-refractivity contribution in [2.75, 3.05) is 0 Å². The molecule has 100 valence electrons. The fraction of sp³-hybridized carbons (Fsp3) is 0.571. The van der Waals surface area contributed by atoms with E-state index in [1.165, 1.54) is 0 Å². The van der Waals surface area contributed by atoms with Crippen LogP contribution in [0.15, 0.2) is 0 Å². The van der Waals surface area contributed by atoms with Gasteiger partial charge in [0.1, 0.15) is 6.04 Å². The average Bonchev–Trinajstić information content (AvgIpc) is 2.13. The van der Waals surface area contributed by atoms with E-state index in [0.717, 1.165) is 0 Å². The van der Waals surface area contributed by atoms with Crippen LogP contribution >= 0.6 is 0 Å². The van der Waals surface area contributed by atoms with E-state index in [-0.39, 0.29) is 12.8 Å². The third-order valence-electron chi connectivity index (χ3n) is 1.23. The molecule has 0 saturated heterocycles. The summed E-state index contributed by atoms with van der Waals surface area (Å²) in [6, 6.07) is -1.06. The third-order valence-corrected chi connectivity index (χ3v) is 1.23. The minimum absolute atomic E-state index is 0.0231. The van der Waals surface area contributed by atoms with Crippen molar-refractivity contribution in [3.8, 4) is 0 Å². The van der Waals surface area contributed by atoms with Crippen molar-refractivity contribution in [3.05, 3.63) is 0 Å². The molecule has 0 radical (unpaired) electrons. The van der Waals surface area contributed by atoms with Gasteiger partial charge in [0.25, 0.3) is 0 Å². The van der Waals surface area contributed by atoms with Gasteiger partial charge in [0.05, 0.1) is 0 Å². The van der Waals surface area contributed by atoms with Crippen LogP contribution < -0.4 is 5.73 Å². The molecule has 0 heterocycles. The first kappa shape index (κ1) is 17.6. The van der Waals surface area contributed by atoms with E-state index in [0.29, 0.717) is 0 Å². The van der Waals surface area contributed by atoms with Crippen molar-refractivity contribution in [3.63, 3.8) is 0 Å². The molecule has 0 aliphatic rings. The van der Waals surface area contributed by atoms with Gasteiger partial charge in [-0.3, -0.25) is 9.59 Å². The summed E-state index contributed by atoms with van der Waals surface area (Å²) < 4.78 is 31.7. The second kappa shape index (κ2) is 7.44. The molecule has 5 N–H and O–H groups in total. The molecule has 0 saturated carbocycles.